The van der Waals surface area contributed by atoms with Crippen LogP contribution in [0.1, 0.15) is 125 Å². The molecule has 4 saturated carbocycles. The third-order valence-electron chi connectivity index (χ3n) is 19.2. The first-order valence-electron chi connectivity index (χ1n) is 16.2. The van der Waals surface area contributed by atoms with E-state index in [1.54, 1.807) is 0 Å². The van der Waals surface area contributed by atoms with E-state index in [4.69, 9.17) is 0 Å². The molecule has 0 bridgehead atoms. The quantitative estimate of drug-likeness (QED) is 0.311. The predicted molar refractivity (Wildman–Crippen MR) is 159 cm³/mol. The molecule has 0 aliphatic heterocycles. The fraction of sp³-hybridized carbons (Fsp3) is 1.00. The van der Waals surface area contributed by atoms with Crippen molar-refractivity contribution in [2.24, 2.45) is 104 Å². The van der Waals surface area contributed by atoms with Gasteiger partial charge in [-0.25, -0.2) is 0 Å². The van der Waals surface area contributed by atoms with Crippen LogP contribution in [0.25, 0.3) is 0 Å². The lowest BCUT2D eigenvalue weighted by atomic mass is 9.16. The molecule has 0 aromatic rings. The fourth-order valence-corrected chi connectivity index (χ4v) is 14.7. The maximum absolute atomic E-state index is 2.85. The van der Waals surface area contributed by atoms with Gasteiger partial charge in [0.1, 0.15) is 0 Å². The third kappa shape index (κ3) is 2.37. The molecule has 0 spiro atoms. The molecule has 0 nitrogen and oxygen atoms in total. The molecule has 4 rings (SSSR count). The molecule has 0 heteroatoms. The maximum Gasteiger partial charge on any atom is -0.0173 e. The van der Waals surface area contributed by atoms with Gasteiger partial charge < -0.3 is 0 Å². The molecular weight excluding hydrogens is 432 g/mol. The molecule has 0 radical (unpaired) electrons. The van der Waals surface area contributed by atoms with Crippen molar-refractivity contribution in [1.82, 2.24) is 0 Å². The Bertz CT molecular complexity index is 816. The molecule has 36 heavy (non-hydrogen) atoms. The Hall–Kier alpha value is 0. The molecule has 0 aromatic carbocycles. The standard InChI is InChI=1S/C36H66/c1-19-21(3)25(7)33(15)31(13,23(19)5)27(9)29(11)36(18)34(16)26(8)22(4)20(2)24(6)32(34,14)28(10)30(12)35(33,36)17/h19-30H,1-18H3. The maximum atomic E-state index is 2.85. The first kappa shape index (κ1) is 29.0. The fourth-order valence-electron chi connectivity index (χ4n) is 14.7. The Balaban J connectivity index is 2.15. The second-order valence-electron chi connectivity index (χ2n) is 17.1. The summed E-state index contributed by atoms with van der Waals surface area (Å²) in [5.74, 6) is 8.88. The summed E-state index contributed by atoms with van der Waals surface area (Å²) in [5, 5.41) is 0. The minimum Gasteiger partial charge on any atom is -0.0620 e. The highest BCUT2D eigenvalue weighted by Gasteiger charge is 2.84. The van der Waals surface area contributed by atoms with E-state index >= 15 is 0 Å². The van der Waals surface area contributed by atoms with Crippen LogP contribution in [0, 0.1) is 104 Å². The van der Waals surface area contributed by atoms with Crippen molar-refractivity contribution >= 4 is 0 Å². The van der Waals surface area contributed by atoms with E-state index in [2.05, 4.69) is 125 Å². The van der Waals surface area contributed by atoms with Crippen LogP contribution in [0.3, 0.4) is 0 Å². The highest BCUT2D eigenvalue weighted by molar-refractivity contribution is 5.31. The van der Waals surface area contributed by atoms with Gasteiger partial charge in [-0.15, -0.1) is 0 Å². The third-order valence-corrected chi connectivity index (χ3v) is 19.2. The molecule has 0 N–H and O–H groups in total. The molecule has 4 aliphatic carbocycles. The van der Waals surface area contributed by atoms with Crippen LogP contribution in [0.2, 0.25) is 0 Å². The SMILES string of the molecule is CC1C(C)C(C)C2(C)C(C)(C1C)C(C)C(C)C1(C)C3(C)C(C)C(C)C(C)C(C)C3(C)C(C)C(C)C21C. The number of rotatable bonds is 0. The average Bonchev–Trinajstić information content (AvgIpc) is 2.86. The molecule has 0 saturated heterocycles. The summed E-state index contributed by atoms with van der Waals surface area (Å²) in [6.45, 7) is 48.8. The van der Waals surface area contributed by atoms with E-state index in [1.165, 1.54) is 0 Å². The van der Waals surface area contributed by atoms with Crippen LogP contribution in [-0.2, 0) is 0 Å². The summed E-state index contributed by atoms with van der Waals surface area (Å²) < 4.78 is 0. The summed E-state index contributed by atoms with van der Waals surface area (Å²) in [6, 6.07) is 0. The number of hydrogen-bond acceptors (Lipinski definition) is 0. The van der Waals surface area contributed by atoms with Crippen LogP contribution < -0.4 is 0 Å². The minimum absolute atomic E-state index is 0.269. The number of fused-ring (bicyclic) bond motifs is 5. The summed E-state index contributed by atoms with van der Waals surface area (Å²) in [4.78, 5) is 0. The minimum atomic E-state index is 0.269. The zero-order valence-electron chi connectivity index (χ0n) is 27.9. The highest BCUT2D eigenvalue weighted by atomic mass is 14.9. The van der Waals surface area contributed by atoms with E-state index in [0.717, 1.165) is 47.3 Å². The van der Waals surface area contributed by atoms with Crippen molar-refractivity contribution in [2.75, 3.05) is 0 Å². The van der Waals surface area contributed by atoms with Crippen molar-refractivity contribution in [2.45, 2.75) is 125 Å². The van der Waals surface area contributed by atoms with Gasteiger partial charge in [0.2, 0.25) is 0 Å². The van der Waals surface area contributed by atoms with Crippen molar-refractivity contribution in [3.05, 3.63) is 0 Å². The molecule has 210 valence electrons. The average molecular weight is 499 g/mol. The summed E-state index contributed by atoms with van der Waals surface area (Å²) in [6.07, 6.45) is 0. The van der Waals surface area contributed by atoms with Crippen LogP contribution in [0.4, 0.5) is 0 Å². The molecule has 0 aromatic heterocycles. The van der Waals surface area contributed by atoms with Gasteiger partial charge in [-0.2, -0.15) is 0 Å². The second-order valence-corrected chi connectivity index (χ2v) is 17.1. The van der Waals surface area contributed by atoms with E-state index in [1.807, 2.05) is 0 Å². The first-order valence-corrected chi connectivity index (χ1v) is 16.2. The lowest BCUT2D eigenvalue weighted by Gasteiger charge is -2.88. The topological polar surface area (TPSA) is 0 Å². The Kier molecular flexibility index (Phi) is 6.29. The van der Waals surface area contributed by atoms with Crippen molar-refractivity contribution in [3.63, 3.8) is 0 Å². The zero-order chi connectivity index (χ0) is 27.9. The Morgan fingerprint density at radius 1 is 0.250 bits per heavy atom. The molecule has 18 atom stereocenters. The van der Waals surface area contributed by atoms with Gasteiger partial charge in [0.25, 0.3) is 0 Å². The van der Waals surface area contributed by atoms with E-state index in [0.29, 0.717) is 45.3 Å². The van der Waals surface area contributed by atoms with E-state index in [-0.39, 0.29) is 10.8 Å². The highest BCUT2D eigenvalue weighted by Crippen LogP contribution is 2.89. The van der Waals surface area contributed by atoms with E-state index < -0.39 is 0 Å². The second kappa shape index (κ2) is 7.80. The van der Waals surface area contributed by atoms with Crippen LogP contribution in [-0.4, -0.2) is 0 Å². The summed E-state index contributed by atoms with van der Waals surface area (Å²) in [7, 11) is 0. The normalized spacial score (nSPS) is 69.5. The van der Waals surface area contributed by atoms with E-state index in [9.17, 15) is 0 Å². The van der Waals surface area contributed by atoms with Crippen molar-refractivity contribution in [3.8, 4) is 0 Å². The smallest absolute Gasteiger partial charge is 0.0173 e. The van der Waals surface area contributed by atoms with Crippen molar-refractivity contribution < 1.29 is 0 Å². The van der Waals surface area contributed by atoms with Gasteiger partial charge in [-0.1, -0.05) is 125 Å². The van der Waals surface area contributed by atoms with Crippen LogP contribution >= 0.6 is 0 Å². The Morgan fingerprint density at radius 2 is 0.472 bits per heavy atom. The Morgan fingerprint density at radius 3 is 0.722 bits per heavy atom. The molecular formula is C36H66. The van der Waals surface area contributed by atoms with Gasteiger partial charge in [0.15, 0.2) is 0 Å². The Labute approximate surface area is 227 Å². The van der Waals surface area contributed by atoms with Crippen LogP contribution in [0.15, 0.2) is 0 Å². The van der Waals surface area contributed by atoms with Gasteiger partial charge in [-0.3, -0.25) is 0 Å². The lowest BCUT2D eigenvalue weighted by molar-refractivity contribution is -0.408. The molecule has 18 unspecified atom stereocenters. The molecule has 4 aliphatic rings. The van der Waals surface area contributed by atoms with Gasteiger partial charge in [0, 0.05) is 0 Å². The van der Waals surface area contributed by atoms with Gasteiger partial charge >= 0.3 is 0 Å². The van der Waals surface area contributed by atoms with Crippen molar-refractivity contribution in [1.29, 1.82) is 0 Å². The molecule has 0 heterocycles. The first-order chi connectivity index (χ1) is 16.2. The van der Waals surface area contributed by atoms with Crippen LogP contribution in [0.5, 0.6) is 0 Å². The largest absolute Gasteiger partial charge is 0.0620 e. The van der Waals surface area contributed by atoms with Gasteiger partial charge in [0.05, 0.1) is 0 Å². The summed E-state index contributed by atoms with van der Waals surface area (Å²) in [5.41, 5.74) is 1.80. The monoisotopic (exact) mass is 499 g/mol. The number of hydrogen-bond donors (Lipinski definition) is 0. The zero-order valence-corrected chi connectivity index (χ0v) is 27.9. The van der Waals surface area contributed by atoms with Gasteiger partial charge in [-0.05, 0) is 104 Å². The summed E-state index contributed by atoms with van der Waals surface area (Å²) >= 11 is 0. The molecule has 4 fully saturated rings. The molecule has 0 amide bonds. The predicted octanol–water partition coefficient (Wildman–Crippen LogP) is 10.7. The lowest BCUT2D eigenvalue weighted by Crippen LogP contribution is -2.83.